The monoisotopic (exact) mass is 775 g/mol. The van der Waals surface area contributed by atoms with E-state index in [1.165, 1.54) is 138 Å². The second-order valence-electron chi connectivity index (χ2n) is 19.5. The summed E-state index contributed by atoms with van der Waals surface area (Å²) in [4.78, 5) is 2.61. The molecule has 0 aromatic heterocycles. The Morgan fingerprint density at radius 2 is 0.917 bits per heavy atom. The number of rotatable bonds is 5. The Hall–Kier alpha value is -5.66. The highest BCUT2D eigenvalue weighted by molar-refractivity contribution is 5.92. The second-order valence-corrected chi connectivity index (χ2v) is 19.5. The predicted octanol–water partition coefficient (Wildman–Crippen LogP) is 15.8. The van der Waals surface area contributed by atoms with Gasteiger partial charge in [-0.05, 0) is 172 Å². The molecule has 0 aliphatic heterocycles. The van der Waals surface area contributed by atoms with Crippen LogP contribution in [0.25, 0.3) is 44.5 Å². The van der Waals surface area contributed by atoms with Crippen molar-refractivity contribution in [2.45, 2.75) is 81.5 Å². The van der Waals surface area contributed by atoms with Crippen molar-refractivity contribution in [2.75, 3.05) is 4.90 Å². The Balaban J connectivity index is 1.03. The van der Waals surface area contributed by atoms with Crippen LogP contribution in [0.15, 0.2) is 164 Å². The van der Waals surface area contributed by atoms with Gasteiger partial charge in [-0.1, -0.05) is 153 Å². The van der Waals surface area contributed by atoms with Gasteiger partial charge >= 0.3 is 0 Å². The van der Waals surface area contributed by atoms with Crippen LogP contribution < -0.4 is 4.90 Å². The van der Waals surface area contributed by atoms with Gasteiger partial charge in [0, 0.05) is 27.9 Å². The van der Waals surface area contributed by atoms with Crippen molar-refractivity contribution in [1.82, 2.24) is 0 Å². The molecular formula is C59H53N. The summed E-state index contributed by atoms with van der Waals surface area (Å²) in [7, 11) is 0. The molecule has 4 bridgehead atoms. The molecule has 1 nitrogen and oxygen atoms in total. The van der Waals surface area contributed by atoms with Crippen LogP contribution >= 0.6 is 0 Å². The molecule has 7 aromatic rings. The van der Waals surface area contributed by atoms with Gasteiger partial charge in [0.15, 0.2) is 0 Å². The fourth-order valence-electron chi connectivity index (χ4n) is 14.5. The first kappa shape index (κ1) is 35.1. The van der Waals surface area contributed by atoms with Gasteiger partial charge in [-0.2, -0.15) is 0 Å². The van der Waals surface area contributed by atoms with Crippen LogP contribution in [0.2, 0.25) is 0 Å². The Morgan fingerprint density at radius 3 is 1.68 bits per heavy atom. The zero-order valence-corrected chi connectivity index (χ0v) is 34.6. The summed E-state index contributed by atoms with van der Waals surface area (Å²) in [6.45, 7) is 0. The molecule has 2 spiro atoms. The minimum Gasteiger partial charge on any atom is -0.310 e. The zero-order valence-electron chi connectivity index (χ0n) is 34.6. The third-order valence-corrected chi connectivity index (χ3v) is 16.7. The van der Waals surface area contributed by atoms with Gasteiger partial charge in [-0.25, -0.2) is 0 Å². The maximum absolute atomic E-state index is 2.61. The summed E-state index contributed by atoms with van der Waals surface area (Å²) in [5, 5.41) is 0. The average Bonchev–Trinajstić information content (AvgIpc) is 3.63. The number of nitrogens with zero attached hydrogens (tertiary/aromatic N) is 1. The van der Waals surface area contributed by atoms with Gasteiger partial charge < -0.3 is 4.90 Å². The maximum atomic E-state index is 2.61. The minimum atomic E-state index is 0.0828. The molecule has 5 fully saturated rings. The molecule has 0 amide bonds. The largest absolute Gasteiger partial charge is 0.310 e. The molecular weight excluding hydrogens is 723 g/mol. The van der Waals surface area contributed by atoms with Crippen LogP contribution in [0.4, 0.5) is 17.1 Å². The molecule has 14 rings (SSSR count). The van der Waals surface area contributed by atoms with Gasteiger partial charge in [-0.3, -0.25) is 0 Å². The molecule has 60 heavy (non-hydrogen) atoms. The highest BCUT2D eigenvalue weighted by Gasteiger charge is 2.59. The van der Waals surface area contributed by atoms with Crippen molar-refractivity contribution in [3.8, 4) is 44.5 Å². The highest BCUT2D eigenvalue weighted by atomic mass is 15.1. The molecule has 0 saturated heterocycles. The Kier molecular flexibility index (Phi) is 7.86. The van der Waals surface area contributed by atoms with Gasteiger partial charge in [0.05, 0.1) is 0 Å². The third-order valence-electron chi connectivity index (χ3n) is 16.7. The van der Waals surface area contributed by atoms with Crippen molar-refractivity contribution in [1.29, 1.82) is 0 Å². The summed E-state index contributed by atoms with van der Waals surface area (Å²) in [5.41, 5.74) is 21.1. The lowest BCUT2D eigenvalue weighted by molar-refractivity contribution is 0.0618. The van der Waals surface area contributed by atoms with Crippen molar-refractivity contribution in [2.24, 2.45) is 23.7 Å². The van der Waals surface area contributed by atoms with Crippen molar-refractivity contribution in [3.05, 3.63) is 186 Å². The fourth-order valence-corrected chi connectivity index (χ4v) is 14.5. The van der Waals surface area contributed by atoms with Crippen LogP contribution in [0.1, 0.15) is 92.9 Å². The summed E-state index contributed by atoms with van der Waals surface area (Å²) < 4.78 is 0. The first-order chi connectivity index (χ1) is 29.7. The molecule has 0 heterocycles. The van der Waals surface area contributed by atoms with E-state index in [1.54, 1.807) is 16.7 Å². The fraction of sp³-hybridized carbons (Fsp3) is 0.288. The zero-order chi connectivity index (χ0) is 39.4. The van der Waals surface area contributed by atoms with Crippen molar-refractivity contribution >= 4 is 17.1 Å². The molecule has 0 radical (unpaired) electrons. The lowest BCUT2D eigenvalue weighted by atomic mass is 9.51. The quantitative estimate of drug-likeness (QED) is 0.168. The maximum Gasteiger partial charge on any atom is 0.0468 e. The summed E-state index contributed by atoms with van der Waals surface area (Å²) in [6, 6.07) is 63.4. The number of anilines is 3. The van der Waals surface area contributed by atoms with Gasteiger partial charge in [-0.15, -0.1) is 0 Å². The second kappa shape index (κ2) is 13.4. The molecule has 294 valence electrons. The Labute approximate surface area is 356 Å². The first-order valence-corrected chi connectivity index (χ1v) is 23.2. The van der Waals surface area contributed by atoms with Gasteiger partial charge in [0.1, 0.15) is 0 Å². The van der Waals surface area contributed by atoms with E-state index in [0.29, 0.717) is 0 Å². The van der Waals surface area contributed by atoms with E-state index in [4.69, 9.17) is 0 Å². The van der Waals surface area contributed by atoms with Crippen LogP contribution in [-0.4, -0.2) is 0 Å². The number of fused-ring (bicyclic) bond motifs is 9. The molecule has 7 aliphatic rings. The smallest absolute Gasteiger partial charge is 0.0468 e. The van der Waals surface area contributed by atoms with Crippen LogP contribution in [0.3, 0.4) is 0 Å². The van der Waals surface area contributed by atoms with E-state index in [2.05, 4.69) is 169 Å². The summed E-state index contributed by atoms with van der Waals surface area (Å²) in [6.07, 6.45) is 14.9. The first-order valence-electron chi connectivity index (χ1n) is 23.2. The van der Waals surface area contributed by atoms with Crippen LogP contribution in [-0.2, 0) is 10.8 Å². The Bertz CT molecular complexity index is 2780. The van der Waals surface area contributed by atoms with E-state index in [-0.39, 0.29) is 10.8 Å². The van der Waals surface area contributed by atoms with E-state index in [0.717, 1.165) is 23.7 Å². The van der Waals surface area contributed by atoms with E-state index < -0.39 is 0 Å². The number of hydrogen-bond donors (Lipinski definition) is 0. The molecule has 0 N–H and O–H groups in total. The van der Waals surface area contributed by atoms with E-state index >= 15 is 0 Å². The molecule has 1 heteroatoms. The molecule has 7 aliphatic carbocycles. The lowest BCUT2D eigenvalue weighted by Gasteiger charge is -2.53. The standard InChI is InChI=1S/C59H53N/c1-4-14-41(15-5-1)48-27-24-45(36-52(48)42-16-6-2-7-17-42)60(47-25-28-51-49-18-8-10-20-54(49)58(57(51)38-47)30-12-3-13-31-58)46-26-29-56-53(37-46)50-19-9-11-21-55(50)59(56)43-23-22-39-32-40(34-43)35-44(59)33-39/h1-2,4-11,14-21,24-29,36-40,43-44H,3,12-13,22-23,30-35H2. The molecule has 5 atom stereocenters. The average molecular weight is 776 g/mol. The summed E-state index contributed by atoms with van der Waals surface area (Å²) >= 11 is 0. The third kappa shape index (κ3) is 4.99. The highest BCUT2D eigenvalue weighted by Crippen LogP contribution is 2.68. The van der Waals surface area contributed by atoms with Crippen molar-refractivity contribution < 1.29 is 0 Å². The molecule has 5 unspecified atom stereocenters. The predicted molar refractivity (Wildman–Crippen MR) is 249 cm³/mol. The topological polar surface area (TPSA) is 3.24 Å². The van der Waals surface area contributed by atoms with Crippen LogP contribution in [0.5, 0.6) is 0 Å². The van der Waals surface area contributed by atoms with E-state index in [1.807, 2.05) is 0 Å². The molecule has 5 saturated carbocycles. The van der Waals surface area contributed by atoms with E-state index in [9.17, 15) is 0 Å². The minimum absolute atomic E-state index is 0.0828. The van der Waals surface area contributed by atoms with Gasteiger partial charge in [0.2, 0.25) is 0 Å². The normalized spacial score (nSPS) is 24.8. The SMILES string of the molecule is c1ccc(-c2ccc(N(c3ccc4c(c3)-c3ccccc3C43C4CCC5CC(C4)CC3C5)c3ccc4c(c3)C3(CCCCC3)c3ccccc3-4)cc2-c2ccccc2)cc1. The number of benzene rings is 7. The van der Waals surface area contributed by atoms with Crippen LogP contribution in [0, 0.1) is 23.7 Å². The molecule has 7 aromatic carbocycles. The number of hydrogen-bond acceptors (Lipinski definition) is 1. The Morgan fingerprint density at radius 1 is 0.367 bits per heavy atom. The summed E-state index contributed by atoms with van der Waals surface area (Å²) in [5.74, 6) is 3.33. The van der Waals surface area contributed by atoms with Crippen molar-refractivity contribution in [3.63, 3.8) is 0 Å². The lowest BCUT2D eigenvalue weighted by Crippen LogP contribution is -2.48. The van der Waals surface area contributed by atoms with Gasteiger partial charge in [0.25, 0.3) is 0 Å².